The van der Waals surface area contributed by atoms with Crippen LogP contribution in [0.2, 0.25) is 0 Å². The standard InChI is InChI=1S/C2HF4O2/c3-1(4)2(5,6)8-7/h1H. The monoisotopic (exact) mass is 133 g/mol. The quantitative estimate of drug-likeness (QED) is 0.316. The summed E-state index contributed by atoms with van der Waals surface area (Å²) in [5.41, 5.74) is 0. The van der Waals surface area contributed by atoms with Crippen molar-refractivity contribution in [2.24, 2.45) is 0 Å². The summed E-state index contributed by atoms with van der Waals surface area (Å²) < 4.78 is 43.5. The van der Waals surface area contributed by atoms with Crippen molar-refractivity contribution in [3.8, 4) is 0 Å². The molecule has 0 aromatic rings. The fourth-order valence-corrected chi connectivity index (χ4v) is 0.0364. The number of rotatable bonds is 2. The van der Waals surface area contributed by atoms with E-state index >= 15 is 0 Å². The van der Waals surface area contributed by atoms with E-state index in [2.05, 4.69) is 0 Å². The molecule has 0 saturated heterocycles. The molecule has 0 aromatic heterocycles. The molecule has 0 aliphatic heterocycles. The Bertz CT molecular complexity index is 72.4. The van der Waals surface area contributed by atoms with Gasteiger partial charge in [0.1, 0.15) is 0 Å². The second-order valence-corrected chi connectivity index (χ2v) is 0.946. The number of hydrogen-bond acceptors (Lipinski definition) is 1. The lowest BCUT2D eigenvalue weighted by atomic mass is 10.7. The molecule has 1 radical (unpaired) electrons. The Hall–Kier alpha value is -0.360. The fraction of sp³-hybridized carbons (Fsp3) is 1.00. The first-order valence-corrected chi connectivity index (χ1v) is 1.47. The maximum absolute atomic E-state index is 11.0. The molecular formula is C2HF4O2. The van der Waals surface area contributed by atoms with E-state index in [4.69, 9.17) is 5.26 Å². The Balaban J connectivity index is 3.71. The zero-order valence-electron chi connectivity index (χ0n) is 3.41. The molecule has 0 spiro atoms. The van der Waals surface area contributed by atoms with Crippen LogP contribution in [0, 0.1) is 0 Å². The molecule has 0 aliphatic carbocycles. The molecule has 49 valence electrons. The molecule has 0 aliphatic rings. The van der Waals surface area contributed by atoms with Crippen LogP contribution in [0.15, 0.2) is 0 Å². The highest BCUT2D eigenvalue weighted by Crippen LogP contribution is 2.22. The average molecular weight is 133 g/mol. The van der Waals surface area contributed by atoms with Gasteiger partial charge in [0.25, 0.3) is 0 Å². The predicted octanol–water partition coefficient (Wildman–Crippen LogP) is 1.21. The van der Waals surface area contributed by atoms with E-state index in [1.807, 2.05) is 4.89 Å². The Morgan fingerprint density at radius 3 is 1.75 bits per heavy atom. The summed E-state index contributed by atoms with van der Waals surface area (Å²) in [5.74, 6) is 0. The maximum Gasteiger partial charge on any atom is 0.444 e. The van der Waals surface area contributed by atoms with Crippen LogP contribution < -0.4 is 0 Å². The van der Waals surface area contributed by atoms with Crippen LogP contribution in [0.5, 0.6) is 0 Å². The van der Waals surface area contributed by atoms with Crippen molar-refractivity contribution >= 4 is 0 Å². The lowest BCUT2D eigenvalue weighted by Crippen LogP contribution is -2.27. The van der Waals surface area contributed by atoms with Gasteiger partial charge < -0.3 is 0 Å². The van der Waals surface area contributed by atoms with Crippen molar-refractivity contribution in [3.05, 3.63) is 0 Å². The highest BCUT2D eigenvalue weighted by Gasteiger charge is 2.43. The summed E-state index contributed by atoms with van der Waals surface area (Å²) >= 11 is 0. The van der Waals surface area contributed by atoms with Crippen LogP contribution in [0.4, 0.5) is 17.6 Å². The van der Waals surface area contributed by atoms with Gasteiger partial charge in [-0.2, -0.15) is 8.78 Å². The predicted molar refractivity (Wildman–Crippen MR) is 12.7 cm³/mol. The minimum absolute atomic E-state index is 1.87. The van der Waals surface area contributed by atoms with Gasteiger partial charge in [-0.05, 0) is 5.26 Å². The van der Waals surface area contributed by atoms with Gasteiger partial charge in [0.2, 0.25) is 0 Å². The van der Waals surface area contributed by atoms with E-state index in [1.165, 1.54) is 0 Å². The highest BCUT2D eigenvalue weighted by atomic mass is 19.3. The second-order valence-electron chi connectivity index (χ2n) is 0.946. The van der Waals surface area contributed by atoms with Crippen LogP contribution in [0.1, 0.15) is 0 Å². The lowest BCUT2D eigenvalue weighted by molar-refractivity contribution is -0.475. The molecule has 2 nitrogen and oxygen atoms in total. The molecule has 0 unspecified atom stereocenters. The van der Waals surface area contributed by atoms with Gasteiger partial charge in [0.05, 0.1) is 0 Å². The molecule has 0 fully saturated rings. The topological polar surface area (TPSA) is 29.1 Å². The van der Waals surface area contributed by atoms with Gasteiger partial charge in [-0.1, -0.05) is 0 Å². The van der Waals surface area contributed by atoms with Crippen molar-refractivity contribution in [2.75, 3.05) is 0 Å². The number of halogens is 4. The average Bonchev–Trinajstić information content (AvgIpc) is 1.67. The third-order valence-electron chi connectivity index (χ3n) is 0.365. The molecule has 6 heteroatoms. The fourth-order valence-electron chi connectivity index (χ4n) is 0.0364. The van der Waals surface area contributed by atoms with Gasteiger partial charge >= 0.3 is 12.5 Å². The molecule has 8 heavy (non-hydrogen) atoms. The van der Waals surface area contributed by atoms with Crippen molar-refractivity contribution in [2.45, 2.75) is 12.5 Å². The first-order chi connectivity index (χ1) is 3.50. The second kappa shape index (κ2) is 2.27. The zero-order chi connectivity index (χ0) is 6.78. The van der Waals surface area contributed by atoms with E-state index in [0.717, 1.165) is 0 Å². The Labute approximate surface area is 41.6 Å². The summed E-state index contributed by atoms with van der Waals surface area (Å²) in [6.45, 7) is 0. The van der Waals surface area contributed by atoms with E-state index in [0.29, 0.717) is 0 Å². The summed E-state index contributed by atoms with van der Waals surface area (Å²) in [4.78, 5) is 1.87. The van der Waals surface area contributed by atoms with E-state index in [1.54, 1.807) is 0 Å². The zero-order valence-corrected chi connectivity index (χ0v) is 3.41. The summed E-state index contributed by atoms with van der Waals surface area (Å²) in [6.07, 6.45) is -8.90. The maximum atomic E-state index is 11.0. The molecule has 0 rings (SSSR count). The minimum atomic E-state index is -4.85. The third-order valence-corrected chi connectivity index (χ3v) is 0.365. The molecule has 0 amide bonds. The van der Waals surface area contributed by atoms with Gasteiger partial charge in [-0.15, -0.1) is 4.89 Å². The van der Waals surface area contributed by atoms with Crippen LogP contribution in [-0.4, -0.2) is 12.5 Å². The Morgan fingerprint density at radius 1 is 1.38 bits per heavy atom. The van der Waals surface area contributed by atoms with Gasteiger partial charge in [0.15, 0.2) is 0 Å². The summed E-state index contributed by atoms with van der Waals surface area (Å²) in [6, 6.07) is 0. The minimum Gasteiger partial charge on any atom is -0.200 e. The van der Waals surface area contributed by atoms with E-state index < -0.39 is 12.5 Å². The van der Waals surface area contributed by atoms with Gasteiger partial charge in [-0.25, -0.2) is 8.78 Å². The summed E-state index contributed by atoms with van der Waals surface area (Å²) in [7, 11) is 0. The first kappa shape index (κ1) is 7.64. The molecule has 0 bridgehead atoms. The summed E-state index contributed by atoms with van der Waals surface area (Å²) in [5, 5.41) is 8.66. The molecule has 0 aromatic carbocycles. The van der Waals surface area contributed by atoms with Gasteiger partial charge in [0, 0.05) is 0 Å². The van der Waals surface area contributed by atoms with Crippen LogP contribution in [0.25, 0.3) is 0 Å². The largest absolute Gasteiger partial charge is 0.444 e. The smallest absolute Gasteiger partial charge is 0.200 e. The number of hydrogen-bond donors (Lipinski definition) is 0. The molecular weight excluding hydrogens is 132 g/mol. The third kappa shape index (κ3) is 1.63. The van der Waals surface area contributed by atoms with Crippen molar-refractivity contribution in [1.82, 2.24) is 0 Å². The SMILES string of the molecule is [O]OC(F)(F)C(F)F. The lowest BCUT2D eigenvalue weighted by Gasteiger charge is -2.06. The van der Waals surface area contributed by atoms with Crippen LogP contribution in [0.3, 0.4) is 0 Å². The molecule has 0 N–H and O–H groups in total. The molecule has 0 heterocycles. The van der Waals surface area contributed by atoms with Crippen LogP contribution >= 0.6 is 0 Å². The number of alkyl halides is 4. The first-order valence-electron chi connectivity index (χ1n) is 1.47. The van der Waals surface area contributed by atoms with E-state index in [9.17, 15) is 17.6 Å². The normalized spacial score (nSPS) is 12.8. The molecule has 0 saturated carbocycles. The van der Waals surface area contributed by atoms with E-state index in [-0.39, 0.29) is 0 Å². The van der Waals surface area contributed by atoms with Crippen LogP contribution in [-0.2, 0) is 10.1 Å². The molecule has 0 atom stereocenters. The Kier molecular flexibility index (Phi) is 2.17. The Morgan fingerprint density at radius 2 is 1.75 bits per heavy atom. The van der Waals surface area contributed by atoms with Gasteiger partial charge in [-0.3, -0.25) is 0 Å². The van der Waals surface area contributed by atoms with Crippen molar-refractivity contribution in [3.63, 3.8) is 0 Å². The highest BCUT2D eigenvalue weighted by molar-refractivity contribution is 4.50. The van der Waals surface area contributed by atoms with Crippen molar-refractivity contribution < 1.29 is 27.7 Å². The van der Waals surface area contributed by atoms with Crippen molar-refractivity contribution in [1.29, 1.82) is 0 Å².